The minimum absolute atomic E-state index is 0.00752. The molecule has 0 unspecified atom stereocenters. The number of nitrogens with zero attached hydrogens (tertiary/aromatic N) is 2. The van der Waals surface area contributed by atoms with E-state index in [1.165, 1.54) is 0 Å². The minimum atomic E-state index is -1.22. The van der Waals surface area contributed by atoms with Crippen LogP contribution in [0.4, 0.5) is 0 Å². The van der Waals surface area contributed by atoms with Gasteiger partial charge in [-0.15, -0.1) is 0 Å². The Bertz CT molecular complexity index is 1540. The maximum Gasteiger partial charge on any atom is 0.336 e. The molecule has 4 aromatic rings. The van der Waals surface area contributed by atoms with Crippen molar-refractivity contribution in [3.63, 3.8) is 0 Å². The maximum atomic E-state index is 14.0. The lowest BCUT2D eigenvalue weighted by Crippen LogP contribution is -2.16. The van der Waals surface area contributed by atoms with E-state index in [-0.39, 0.29) is 41.7 Å². The van der Waals surface area contributed by atoms with Gasteiger partial charge in [0.2, 0.25) is 5.75 Å². The minimum Gasteiger partial charge on any atom is -0.487 e. The number of allylic oxidation sites excluding steroid dienone is 1. The Morgan fingerprint density at radius 2 is 1.34 bits per heavy atom. The number of carbonyl (C=O) groups excluding carboxylic acids is 1. The van der Waals surface area contributed by atoms with Crippen LogP contribution in [-0.2, 0) is 11.2 Å². The number of ketones is 1. The van der Waals surface area contributed by atoms with E-state index in [0.29, 0.717) is 45.0 Å². The molecule has 0 aliphatic rings. The fourth-order valence-electron chi connectivity index (χ4n) is 4.38. The molecule has 214 valence electrons. The largest absolute Gasteiger partial charge is 0.487 e. The number of hydrogen-bond donors (Lipinski definition) is 1. The third-order valence-electron chi connectivity index (χ3n) is 5.91. The van der Waals surface area contributed by atoms with Gasteiger partial charge in [-0.05, 0) is 76.9 Å². The summed E-state index contributed by atoms with van der Waals surface area (Å²) in [5.41, 5.74) is 2.63. The molecule has 1 heterocycles. The molecule has 0 spiro atoms. The second kappa shape index (κ2) is 13.0. The quantitative estimate of drug-likeness (QED) is 0.142. The number of rotatable bonds is 12. The average Bonchev–Trinajstić information content (AvgIpc) is 3.37. The van der Waals surface area contributed by atoms with Crippen LogP contribution >= 0.6 is 11.7 Å². The molecule has 0 amide bonds. The summed E-state index contributed by atoms with van der Waals surface area (Å²) in [7, 11) is 0. The van der Waals surface area contributed by atoms with E-state index < -0.39 is 5.97 Å². The van der Waals surface area contributed by atoms with Crippen LogP contribution in [-0.4, -0.2) is 43.9 Å². The predicted molar refractivity (Wildman–Crippen MR) is 160 cm³/mol. The van der Waals surface area contributed by atoms with Crippen molar-refractivity contribution in [1.82, 2.24) is 8.75 Å². The number of aromatic nitrogens is 2. The Kier molecular flexibility index (Phi) is 9.39. The summed E-state index contributed by atoms with van der Waals surface area (Å²) in [6, 6.07) is 17.3. The molecule has 0 bridgehead atoms. The lowest BCUT2D eigenvalue weighted by molar-refractivity contribution is -0.130. The number of carboxylic acid groups (broad SMARTS) is 1. The van der Waals surface area contributed by atoms with Crippen molar-refractivity contribution in [3.8, 4) is 17.2 Å². The van der Waals surface area contributed by atoms with Crippen LogP contribution in [0.2, 0.25) is 0 Å². The van der Waals surface area contributed by atoms with Crippen molar-refractivity contribution in [3.05, 3.63) is 82.9 Å². The molecule has 1 N–H and O–H groups in total. The van der Waals surface area contributed by atoms with Crippen molar-refractivity contribution < 1.29 is 28.9 Å². The zero-order valence-electron chi connectivity index (χ0n) is 24.0. The first-order valence-corrected chi connectivity index (χ1v) is 14.2. The predicted octanol–water partition coefficient (Wildman–Crippen LogP) is 7.02. The molecule has 0 aliphatic carbocycles. The van der Waals surface area contributed by atoms with E-state index in [2.05, 4.69) is 8.75 Å². The van der Waals surface area contributed by atoms with Gasteiger partial charge in [-0.25, -0.2) is 4.79 Å². The maximum absolute atomic E-state index is 14.0. The molecule has 0 fully saturated rings. The highest BCUT2D eigenvalue weighted by molar-refractivity contribution is 7.00. The SMILES string of the molecule is CC(C)Oc1cc(CC(C(=O)c2ccccc2)=C(C(=O)O)c2ccc3nsnc3c2)cc(OC(C)C)c1OC(C)C. The van der Waals surface area contributed by atoms with E-state index in [1.54, 1.807) is 60.7 Å². The third-order valence-corrected chi connectivity index (χ3v) is 6.47. The average molecular weight is 575 g/mol. The third kappa shape index (κ3) is 7.29. The number of Topliss-reactive ketones (excluding diaryl/α,β-unsaturated/α-hetero) is 1. The zero-order chi connectivity index (χ0) is 29.7. The number of ether oxygens (including phenoxy) is 3. The fourth-order valence-corrected chi connectivity index (χ4v) is 4.90. The number of fused-ring (bicyclic) bond motifs is 1. The molecule has 1 aromatic heterocycles. The highest BCUT2D eigenvalue weighted by Crippen LogP contribution is 2.42. The van der Waals surface area contributed by atoms with Crippen molar-refractivity contribution >= 4 is 40.1 Å². The first-order valence-electron chi connectivity index (χ1n) is 13.5. The van der Waals surface area contributed by atoms with E-state index in [1.807, 2.05) is 41.5 Å². The van der Waals surface area contributed by atoms with Crippen LogP contribution in [0.5, 0.6) is 17.2 Å². The number of benzene rings is 3. The molecular weight excluding hydrogens is 540 g/mol. The second-order valence-corrected chi connectivity index (χ2v) is 10.9. The van der Waals surface area contributed by atoms with E-state index >= 15 is 0 Å². The van der Waals surface area contributed by atoms with Crippen LogP contribution in [0, 0.1) is 0 Å². The van der Waals surface area contributed by atoms with Crippen molar-refractivity contribution in [2.24, 2.45) is 0 Å². The molecule has 0 aliphatic heterocycles. The Morgan fingerprint density at radius 3 is 1.90 bits per heavy atom. The lowest BCUT2D eigenvalue weighted by atomic mass is 9.89. The normalized spacial score (nSPS) is 12.1. The van der Waals surface area contributed by atoms with Gasteiger partial charge in [0.1, 0.15) is 11.0 Å². The Hall–Kier alpha value is -4.24. The molecule has 0 atom stereocenters. The van der Waals surface area contributed by atoms with Crippen molar-refractivity contribution in [1.29, 1.82) is 0 Å². The van der Waals surface area contributed by atoms with Gasteiger partial charge in [-0.2, -0.15) is 8.75 Å². The highest BCUT2D eigenvalue weighted by atomic mass is 32.1. The Labute approximate surface area is 243 Å². The molecule has 0 radical (unpaired) electrons. The number of carbonyl (C=O) groups is 2. The lowest BCUT2D eigenvalue weighted by Gasteiger charge is -2.23. The molecule has 3 aromatic carbocycles. The summed E-state index contributed by atoms with van der Waals surface area (Å²) in [6.45, 7) is 11.5. The first-order chi connectivity index (χ1) is 19.5. The smallest absolute Gasteiger partial charge is 0.336 e. The van der Waals surface area contributed by atoms with Gasteiger partial charge in [-0.3, -0.25) is 4.79 Å². The standard InChI is InChI=1S/C32H34N2O6S/c1-18(2)38-27-15-21(16-28(39-19(3)4)31(27)40-20(5)6)14-24(30(35)22-10-8-7-9-11-22)29(32(36)37)23-12-13-25-26(17-23)34-41-33-25/h7-13,15-20H,14H2,1-6H3,(H,36,37). The van der Waals surface area contributed by atoms with Gasteiger partial charge in [0, 0.05) is 17.6 Å². The van der Waals surface area contributed by atoms with Gasteiger partial charge >= 0.3 is 5.97 Å². The molecule has 4 rings (SSSR count). The summed E-state index contributed by atoms with van der Waals surface area (Å²) in [5, 5.41) is 10.5. The summed E-state index contributed by atoms with van der Waals surface area (Å²) in [4.78, 5) is 26.8. The van der Waals surface area contributed by atoms with Crippen molar-refractivity contribution in [2.75, 3.05) is 0 Å². The summed E-state index contributed by atoms with van der Waals surface area (Å²) >= 11 is 1.04. The summed E-state index contributed by atoms with van der Waals surface area (Å²) in [6.07, 6.45) is -0.469. The number of carboxylic acids is 1. The molecule has 9 heteroatoms. The topological polar surface area (TPSA) is 108 Å². The zero-order valence-corrected chi connectivity index (χ0v) is 24.8. The first kappa shape index (κ1) is 29.7. The Morgan fingerprint density at radius 1 is 0.756 bits per heavy atom. The summed E-state index contributed by atoms with van der Waals surface area (Å²) < 4.78 is 26.8. The van der Waals surface area contributed by atoms with E-state index in [9.17, 15) is 14.7 Å². The molecule has 41 heavy (non-hydrogen) atoms. The van der Waals surface area contributed by atoms with Crippen LogP contribution in [0.1, 0.15) is 63.0 Å². The van der Waals surface area contributed by atoms with Crippen molar-refractivity contribution in [2.45, 2.75) is 66.3 Å². The monoisotopic (exact) mass is 574 g/mol. The molecule has 0 saturated carbocycles. The molecule has 8 nitrogen and oxygen atoms in total. The van der Waals surface area contributed by atoms with Gasteiger partial charge in [0.05, 0.1) is 35.6 Å². The van der Waals surface area contributed by atoms with Gasteiger partial charge < -0.3 is 19.3 Å². The fraction of sp³-hybridized carbons (Fsp3) is 0.312. The number of aliphatic carboxylic acids is 1. The van der Waals surface area contributed by atoms with Gasteiger partial charge in [-0.1, -0.05) is 36.4 Å². The van der Waals surface area contributed by atoms with Crippen LogP contribution in [0.3, 0.4) is 0 Å². The van der Waals surface area contributed by atoms with Gasteiger partial charge in [0.15, 0.2) is 17.3 Å². The van der Waals surface area contributed by atoms with E-state index in [0.717, 1.165) is 11.7 Å². The van der Waals surface area contributed by atoms with Crippen LogP contribution < -0.4 is 14.2 Å². The second-order valence-electron chi connectivity index (χ2n) is 10.4. The summed E-state index contributed by atoms with van der Waals surface area (Å²) in [5.74, 6) is -0.227. The van der Waals surface area contributed by atoms with Crippen LogP contribution in [0.25, 0.3) is 16.6 Å². The van der Waals surface area contributed by atoms with E-state index in [4.69, 9.17) is 14.2 Å². The van der Waals surface area contributed by atoms with Crippen LogP contribution in [0.15, 0.2) is 66.2 Å². The molecule has 0 saturated heterocycles. The number of hydrogen-bond acceptors (Lipinski definition) is 8. The Balaban J connectivity index is 1.94. The highest BCUT2D eigenvalue weighted by Gasteiger charge is 2.26. The van der Waals surface area contributed by atoms with Gasteiger partial charge in [0.25, 0.3) is 0 Å². The molecular formula is C32H34N2O6S.